The molecule has 0 spiro atoms. The summed E-state index contributed by atoms with van der Waals surface area (Å²) < 4.78 is 0. The minimum Gasteiger partial charge on any atom is -0.184 e. The monoisotopic (exact) mass is 386 g/mol. The van der Waals surface area contributed by atoms with Crippen LogP contribution in [0.4, 0.5) is 0 Å². The molecule has 0 bridgehead atoms. The first kappa shape index (κ1) is 24.4. The van der Waals surface area contributed by atoms with Gasteiger partial charge in [-0.1, -0.05) is 22.3 Å². The van der Waals surface area contributed by atoms with E-state index in [4.69, 9.17) is 0 Å². The Kier molecular flexibility index (Phi) is 30.0. The molecule has 0 nitrogen and oxygen atoms in total. The zero-order chi connectivity index (χ0) is 8.49. The summed E-state index contributed by atoms with van der Waals surface area (Å²) >= 11 is 0. The van der Waals surface area contributed by atoms with Gasteiger partial charge in [0.2, 0.25) is 0 Å². The molecular formula is C15H22W. The van der Waals surface area contributed by atoms with Crippen LogP contribution in [0.2, 0.25) is 0 Å². The largest absolute Gasteiger partial charge is 2.00 e. The van der Waals surface area contributed by atoms with E-state index < -0.39 is 0 Å². The zero-order valence-electron chi connectivity index (χ0n) is 7.18. The molecule has 0 aliphatic rings. The van der Waals surface area contributed by atoms with E-state index in [-0.39, 0.29) is 43.3 Å². The van der Waals surface area contributed by atoms with Crippen molar-refractivity contribution < 1.29 is 21.1 Å². The Morgan fingerprint density at radius 1 is 0.438 bits per heavy atom. The Hall–Kier alpha value is -0.872. The summed E-state index contributed by atoms with van der Waals surface area (Å²) in [5.74, 6) is 0. The van der Waals surface area contributed by atoms with E-state index in [1.807, 2.05) is 60.7 Å². The number of hydrogen-bond acceptors (Lipinski definition) is 0. The molecule has 0 aromatic heterocycles. The number of benzene rings is 2. The van der Waals surface area contributed by atoms with Crippen molar-refractivity contribution in [2.45, 2.75) is 22.3 Å². The van der Waals surface area contributed by atoms with Gasteiger partial charge in [-0.3, -0.25) is 0 Å². The summed E-state index contributed by atoms with van der Waals surface area (Å²) in [6, 6.07) is 25.0. The molecule has 2 aromatic rings. The number of hydrogen-bond donors (Lipinski definition) is 0. The molecule has 0 saturated heterocycles. The first-order chi connectivity index (χ1) is 6.00. The fourth-order valence-corrected chi connectivity index (χ4v) is 0.684. The summed E-state index contributed by atoms with van der Waals surface area (Å²) in [7, 11) is 0. The third kappa shape index (κ3) is 15.6. The van der Waals surface area contributed by atoms with Gasteiger partial charge < -0.3 is 0 Å². The molecule has 0 amide bonds. The maximum atomic E-state index is 2.89. The van der Waals surface area contributed by atoms with Crippen molar-refractivity contribution in [1.82, 2.24) is 0 Å². The van der Waals surface area contributed by atoms with Crippen molar-refractivity contribution in [3.63, 3.8) is 0 Å². The standard InChI is InChI=1S/2C6H5.3CH4.W/c2*1-2-4-6-5-3-1;;;;/h2*1-5H;3*1H4;/q2*-1;;;;+2. The van der Waals surface area contributed by atoms with Gasteiger partial charge in [-0.2, -0.15) is 72.8 Å². The summed E-state index contributed by atoms with van der Waals surface area (Å²) in [4.78, 5) is 0. The van der Waals surface area contributed by atoms with Crippen molar-refractivity contribution in [2.24, 2.45) is 0 Å². The van der Waals surface area contributed by atoms with Gasteiger partial charge in [0, 0.05) is 0 Å². The van der Waals surface area contributed by atoms with Gasteiger partial charge in [0.05, 0.1) is 0 Å². The molecule has 2 aromatic carbocycles. The molecule has 0 unspecified atom stereocenters. The van der Waals surface area contributed by atoms with Crippen LogP contribution in [0.15, 0.2) is 60.7 Å². The second-order valence-corrected chi connectivity index (χ2v) is 2.15. The molecule has 0 aliphatic carbocycles. The Balaban J connectivity index is -0.0000000720. The van der Waals surface area contributed by atoms with Gasteiger partial charge >= 0.3 is 21.1 Å². The van der Waals surface area contributed by atoms with Crippen LogP contribution >= 0.6 is 0 Å². The summed E-state index contributed by atoms with van der Waals surface area (Å²) in [5.41, 5.74) is 0. The van der Waals surface area contributed by atoms with Crippen LogP contribution in [-0.4, -0.2) is 0 Å². The van der Waals surface area contributed by atoms with E-state index in [2.05, 4.69) is 12.1 Å². The second-order valence-electron chi connectivity index (χ2n) is 2.15. The van der Waals surface area contributed by atoms with Crippen molar-refractivity contribution >= 4 is 0 Å². The van der Waals surface area contributed by atoms with Gasteiger partial charge in [-0.05, 0) is 0 Å². The summed E-state index contributed by atoms with van der Waals surface area (Å²) in [6.45, 7) is 0. The number of rotatable bonds is 0. The fraction of sp³-hybridized carbons (Fsp3) is 0.200. The van der Waals surface area contributed by atoms with E-state index in [0.29, 0.717) is 0 Å². The van der Waals surface area contributed by atoms with E-state index in [1.54, 1.807) is 0 Å². The van der Waals surface area contributed by atoms with E-state index in [1.165, 1.54) is 0 Å². The average Bonchev–Trinajstić information content (AvgIpc) is 2.24. The smallest absolute Gasteiger partial charge is 0.184 e. The Morgan fingerprint density at radius 2 is 0.688 bits per heavy atom. The van der Waals surface area contributed by atoms with Crippen LogP contribution in [0.3, 0.4) is 0 Å². The zero-order valence-corrected chi connectivity index (χ0v) is 10.1. The second kappa shape index (κ2) is 19.7. The first-order valence-electron chi connectivity index (χ1n) is 3.82. The molecule has 0 fully saturated rings. The van der Waals surface area contributed by atoms with Crippen LogP contribution in [0.5, 0.6) is 0 Å². The van der Waals surface area contributed by atoms with E-state index in [9.17, 15) is 0 Å². The Bertz CT molecular complexity index is 181. The SMILES string of the molecule is C.C.C.[W+2].[c-]1ccccc1.[c-]1ccccc1. The molecule has 0 N–H and O–H groups in total. The van der Waals surface area contributed by atoms with Crippen molar-refractivity contribution in [3.05, 3.63) is 72.8 Å². The van der Waals surface area contributed by atoms with Gasteiger partial charge in [0.1, 0.15) is 0 Å². The molecule has 1 heteroatoms. The quantitative estimate of drug-likeness (QED) is 0.567. The average molecular weight is 386 g/mol. The van der Waals surface area contributed by atoms with Crippen molar-refractivity contribution in [3.8, 4) is 0 Å². The molecule has 2 rings (SSSR count). The van der Waals surface area contributed by atoms with E-state index in [0.717, 1.165) is 0 Å². The fourth-order valence-electron chi connectivity index (χ4n) is 0.684. The molecule has 0 heterocycles. The van der Waals surface area contributed by atoms with Gasteiger partial charge in [-0.25, -0.2) is 0 Å². The third-order valence-corrected chi connectivity index (χ3v) is 1.21. The summed E-state index contributed by atoms with van der Waals surface area (Å²) in [6.07, 6.45) is 0. The molecule has 0 radical (unpaired) electrons. The molecular weight excluding hydrogens is 364 g/mol. The molecule has 88 valence electrons. The van der Waals surface area contributed by atoms with E-state index >= 15 is 0 Å². The molecule has 0 atom stereocenters. The van der Waals surface area contributed by atoms with Crippen LogP contribution in [0.1, 0.15) is 22.3 Å². The van der Waals surface area contributed by atoms with Crippen molar-refractivity contribution in [1.29, 1.82) is 0 Å². The maximum absolute atomic E-state index is 2.89. The third-order valence-electron chi connectivity index (χ3n) is 1.21. The van der Waals surface area contributed by atoms with Gasteiger partial charge in [0.15, 0.2) is 0 Å². The first-order valence-corrected chi connectivity index (χ1v) is 3.82. The normalized spacial score (nSPS) is 6.00. The topological polar surface area (TPSA) is 0 Å². The van der Waals surface area contributed by atoms with Crippen LogP contribution < -0.4 is 0 Å². The maximum Gasteiger partial charge on any atom is 2.00 e. The Labute approximate surface area is 116 Å². The minimum absolute atomic E-state index is 0. The summed E-state index contributed by atoms with van der Waals surface area (Å²) in [5, 5.41) is 0. The van der Waals surface area contributed by atoms with Crippen LogP contribution in [0, 0.1) is 12.1 Å². The van der Waals surface area contributed by atoms with Gasteiger partial charge in [-0.15, -0.1) is 0 Å². The predicted octanol–water partition coefficient (Wildman–Crippen LogP) is 4.88. The van der Waals surface area contributed by atoms with Gasteiger partial charge in [0.25, 0.3) is 0 Å². The predicted molar refractivity (Wildman–Crippen MR) is 70.7 cm³/mol. The molecule has 16 heavy (non-hydrogen) atoms. The minimum atomic E-state index is 0. The molecule has 0 saturated carbocycles. The molecule has 0 aliphatic heterocycles. The van der Waals surface area contributed by atoms with Crippen LogP contribution in [0.25, 0.3) is 0 Å². The Morgan fingerprint density at radius 3 is 0.750 bits per heavy atom. The van der Waals surface area contributed by atoms with Crippen LogP contribution in [-0.2, 0) is 21.1 Å². The van der Waals surface area contributed by atoms with Crippen molar-refractivity contribution in [2.75, 3.05) is 0 Å².